The number of rotatable bonds is 5. The molecule has 4 aliphatic rings. The van der Waals surface area contributed by atoms with E-state index in [2.05, 4.69) is 43.8 Å². The molecule has 0 radical (unpaired) electrons. The lowest BCUT2D eigenvalue weighted by atomic mass is 9.55. The van der Waals surface area contributed by atoms with Crippen LogP contribution in [0.2, 0.25) is 0 Å². The zero-order valence-corrected chi connectivity index (χ0v) is 20.3. The predicted molar refractivity (Wildman–Crippen MR) is 139 cm³/mol. The number of carbonyl (C=O) groups excluding carboxylic acids is 1. The second kappa shape index (κ2) is 10.9. The summed E-state index contributed by atoms with van der Waals surface area (Å²) in [6.07, 6.45) is 14.9. The molecule has 0 spiro atoms. The van der Waals surface area contributed by atoms with Gasteiger partial charge in [0.2, 0.25) is 0 Å². The molecule has 0 aromatic heterocycles. The van der Waals surface area contributed by atoms with Crippen LogP contribution < -0.4 is 0 Å². The third-order valence-electron chi connectivity index (χ3n) is 7.39. The molecule has 178 valence electrons. The molecule has 0 atom stereocenters. The molecule has 2 aromatic carbocycles. The summed E-state index contributed by atoms with van der Waals surface area (Å²) in [5, 5.41) is 9.16. The highest BCUT2D eigenvalue weighted by molar-refractivity contribution is 5.87. The minimum Gasteiger partial charge on any atom is -0.508 e. The zero-order valence-electron chi connectivity index (χ0n) is 20.3. The van der Waals surface area contributed by atoms with Crippen LogP contribution in [-0.2, 0) is 9.53 Å². The van der Waals surface area contributed by atoms with Crippen molar-refractivity contribution in [2.45, 2.75) is 52.1 Å². The van der Waals surface area contributed by atoms with E-state index in [4.69, 9.17) is 9.84 Å². The van der Waals surface area contributed by atoms with Gasteiger partial charge < -0.3 is 9.84 Å². The van der Waals surface area contributed by atoms with Crippen molar-refractivity contribution in [1.29, 1.82) is 0 Å². The number of ether oxygens (including phenoxy) is 1. The molecule has 2 aromatic rings. The molecule has 3 nitrogen and oxygen atoms in total. The number of aromatic hydroxyl groups is 1. The van der Waals surface area contributed by atoms with Gasteiger partial charge in [0.05, 0.1) is 0 Å². The number of phenolic OH excluding ortho intramolecular Hbond substituents is 1. The first-order chi connectivity index (χ1) is 16.4. The predicted octanol–water partition coefficient (Wildman–Crippen LogP) is 7.36. The number of allylic oxidation sites excluding steroid dienone is 2. The monoisotopic (exact) mass is 456 g/mol. The molecule has 0 aliphatic heterocycles. The van der Waals surface area contributed by atoms with Gasteiger partial charge in [-0.2, -0.15) is 0 Å². The van der Waals surface area contributed by atoms with E-state index in [-0.39, 0.29) is 12.1 Å². The van der Waals surface area contributed by atoms with Crippen LogP contribution in [-0.4, -0.2) is 17.2 Å². The lowest BCUT2D eigenvalue weighted by Crippen LogP contribution is -2.50. The Hall–Kier alpha value is -3.07. The fraction of sp³-hybridized carbons (Fsp3) is 0.387. The van der Waals surface area contributed by atoms with Gasteiger partial charge in [-0.25, -0.2) is 4.79 Å². The first kappa shape index (κ1) is 24.1. The topological polar surface area (TPSA) is 46.5 Å². The smallest absolute Gasteiger partial charge is 0.333 e. The van der Waals surface area contributed by atoms with Gasteiger partial charge in [-0.15, -0.1) is 0 Å². The van der Waals surface area contributed by atoms with Crippen LogP contribution in [0.1, 0.15) is 55.7 Å². The van der Waals surface area contributed by atoms with E-state index < -0.39 is 0 Å². The quantitative estimate of drug-likeness (QED) is 0.290. The highest BCUT2D eigenvalue weighted by Crippen LogP contribution is 2.54. The van der Waals surface area contributed by atoms with Crippen molar-refractivity contribution >= 4 is 18.1 Å². The Bertz CT molecular complexity index is 962. The van der Waals surface area contributed by atoms with Crippen molar-refractivity contribution in [3.05, 3.63) is 89.5 Å². The lowest BCUT2D eigenvalue weighted by Gasteiger charge is -2.53. The number of benzene rings is 2. The van der Waals surface area contributed by atoms with Crippen LogP contribution in [0.3, 0.4) is 0 Å². The molecule has 4 bridgehead atoms. The maximum absolute atomic E-state index is 11.6. The van der Waals surface area contributed by atoms with Gasteiger partial charge in [0.1, 0.15) is 11.9 Å². The Morgan fingerprint density at radius 1 is 0.853 bits per heavy atom. The van der Waals surface area contributed by atoms with Crippen LogP contribution in [0.4, 0.5) is 0 Å². The van der Waals surface area contributed by atoms with E-state index in [1.54, 1.807) is 19.1 Å². The summed E-state index contributed by atoms with van der Waals surface area (Å²) in [4.78, 5) is 11.6. The number of carbonyl (C=O) groups is 1. The lowest BCUT2D eigenvalue weighted by molar-refractivity contribution is -0.166. The molecule has 3 heteroatoms. The first-order valence-electron chi connectivity index (χ1n) is 12.4. The molecule has 0 amide bonds. The minimum absolute atomic E-state index is 0.183. The second-order valence-electron chi connectivity index (χ2n) is 10.3. The molecule has 0 heterocycles. The Morgan fingerprint density at radius 3 is 1.79 bits per heavy atom. The Balaban J connectivity index is 0.000000162. The van der Waals surface area contributed by atoms with Crippen molar-refractivity contribution in [2.24, 2.45) is 23.7 Å². The zero-order chi connectivity index (χ0) is 24.1. The van der Waals surface area contributed by atoms with E-state index in [0.29, 0.717) is 23.2 Å². The number of hydrogen-bond acceptors (Lipinski definition) is 3. The van der Waals surface area contributed by atoms with Crippen molar-refractivity contribution < 1.29 is 14.6 Å². The van der Waals surface area contributed by atoms with E-state index >= 15 is 0 Å². The number of hydrogen-bond donors (Lipinski definition) is 1. The first-order valence-corrected chi connectivity index (χ1v) is 12.4. The Morgan fingerprint density at radius 2 is 1.32 bits per heavy atom. The van der Waals surface area contributed by atoms with Crippen LogP contribution in [0.25, 0.3) is 12.2 Å². The molecule has 4 aliphatic carbocycles. The maximum atomic E-state index is 11.6. The van der Waals surface area contributed by atoms with Crippen LogP contribution >= 0.6 is 0 Å². The van der Waals surface area contributed by atoms with Gasteiger partial charge in [-0.3, -0.25) is 0 Å². The largest absolute Gasteiger partial charge is 0.508 e. The van der Waals surface area contributed by atoms with Gasteiger partial charge in [0, 0.05) is 5.57 Å². The number of aryl methyl sites for hydroxylation is 1. The summed E-state index contributed by atoms with van der Waals surface area (Å²) in [5.41, 5.74) is 4.07. The van der Waals surface area contributed by atoms with Gasteiger partial charge in [-0.1, -0.05) is 72.8 Å². The van der Waals surface area contributed by atoms with Crippen molar-refractivity contribution in [3.8, 4) is 5.75 Å². The van der Waals surface area contributed by atoms with Crippen LogP contribution in [0.5, 0.6) is 5.75 Å². The van der Waals surface area contributed by atoms with Crippen LogP contribution in [0, 0.1) is 30.6 Å². The van der Waals surface area contributed by atoms with E-state index in [0.717, 1.165) is 17.4 Å². The highest BCUT2D eigenvalue weighted by atomic mass is 16.5. The Kier molecular flexibility index (Phi) is 7.72. The Labute approximate surface area is 203 Å². The van der Waals surface area contributed by atoms with Gasteiger partial charge in [-0.05, 0) is 92.9 Å². The number of esters is 1. The molecule has 1 N–H and O–H groups in total. The molecule has 4 fully saturated rings. The summed E-state index contributed by atoms with van der Waals surface area (Å²) in [7, 11) is 0. The van der Waals surface area contributed by atoms with E-state index in [1.165, 1.54) is 43.2 Å². The third-order valence-corrected chi connectivity index (χ3v) is 7.39. The fourth-order valence-electron chi connectivity index (χ4n) is 5.89. The van der Waals surface area contributed by atoms with E-state index in [9.17, 15) is 4.79 Å². The standard InChI is InChI=1S/C17H16O.C14H20O2/c1-14-6-8-15(9-7-14)4-2-3-5-16-10-12-17(18)13-11-16;1-8(2)14(15)16-13-11-4-9-3-10(6-11)7-12(13)5-9/h2-13,18H,1H3;9-13H,1,3-7H2,2H3. The molecule has 6 rings (SSSR count). The van der Waals surface area contributed by atoms with Gasteiger partial charge >= 0.3 is 5.97 Å². The average Bonchev–Trinajstić information content (AvgIpc) is 2.81. The summed E-state index contributed by atoms with van der Waals surface area (Å²) in [6, 6.07) is 15.5. The fourth-order valence-corrected chi connectivity index (χ4v) is 5.89. The van der Waals surface area contributed by atoms with Crippen molar-refractivity contribution in [1.82, 2.24) is 0 Å². The maximum Gasteiger partial charge on any atom is 0.333 e. The minimum atomic E-state index is -0.183. The molecular weight excluding hydrogens is 420 g/mol. The molecule has 0 unspecified atom stereocenters. The molecule has 0 saturated heterocycles. The second-order valence-corrected chi connectivity index (χ2v) is 10.3. The highest BCUT2D eigenvalue weighted by Gasteiger charge is 2.49. The van der Waals surface area contributed by atoms with Crippen molar-refractivity contribution in [2.75, 3.05) is 0 Å². The third kappa shape index (κ3) is 6.28. The molecular formula is C31H36O3. The van der Waals surface area contributed by atoms with Gasteiger partial charge in [0.15, 0.2) is 0 Å². The van der Waals surface area contributed by atoms with E-state index in [1.807, 2.05) is 30.4 Å². The summed E-state index contributed by atoms with van der Waals surface area (Å²) < 4.78 is 5.65. The van der Waals surface area contributed by atoms with Crippen molar-refractivity contribution in [3.63, 3.8) is 0 Å². The average molecular weight is 457 g/mol. The SMILES string of the molecule is C=C(C)C(=O)OC1C2CC3CC(C2)CC1C3.Cc1ccc(C=CC=Cc2ccc(O)cc2)cc1. The summed E-state index contributed by atoms with van der Waals surface area (Å²) >= 11 is 0. The molecule has 34 heavy (non-hydrogen) atoms. The summed E-state index contributed by atoms with van der Waals surface area (Å²) in [6.45, 7) is 7.48. The van der Waals surface area contributed by atoms with Crippen LogP contribution in [0.15, 0.2) is 72.8 Å². The number of phenols is 1. The normalized spacial score (nSPS) is 26.9. The van der Waals surface area contributed by atoms with Gasteiger partial charge in [0.25, 0.3) is 0 Å². The molecule has 4 saturated carbocycles. The summed E-state index contributed by atoms with van der Waals surface area (Å²) in [5.74, 6) is 3.28.